The molecule has 0 aliphatic heterocycles. The topological polar surface area (TPSA) is 77.9 Å². The Bertz CT molecular complexity index is 1010. The van der Waals surface area contributed by atoms with Crippen molar-refractivity contribution in [3.8, 4) is 28.6 Å². The molecule has 32 heavy (non-hydrogen) atoms. The fourth-order valence-electron chi connectivity index (χ4n) is 3.73. The molecule has 0 amide bonds. The minimum Gasteiger partial charge on any atom is -0.489 e. The highest BCUT2D eigenvalue weighted by atomic mass is 16.5. The van der Waals surface area contributed by atoms with Gasteiger partial charge in [-0.2, -0.15) is 0 Å². The van der Waals surface area contributed by atoms with Crippen molar-refractivity contribution < 1.29 is 24.1 Å². The number of carboxylic acids is 1. The van der Waals surface area contributed by atoms with Gasteiger partial charge in [0.2, 0.25) is 5.88 Å². The van der Waals surface area contributed by atoms with E-state index in [2.05, 4.69) is 0 Å². The summed E-state index contributed by atoms with van der Waals surface area (Å²) >= 11 is 0. The van der Waals surface area contributed by atoms with Crippen LogP contribution in [0.2, 0.25) is 0 Å². The van der Waals surface area contributed by atoms with Crippen molar-refractivity contribution in [3.05, 3.63) is 72.3 Å². The van der Waals surface area contributed by atoms with Gasteiger partial charge in [0, 0.05) is 5.56 Å². The predicted molar refractivity (Wildman–Crippen MR) is 121 cm³/mol. The van der Waals surface area contributed by atoms with Gasteiger partial charge in [0.1, 0.15) is 24.2 Å². The first-order valence-corrected chi connectivity index (χ1v) is 11.0. The summed E-state index contributed by atoms with van der Waals surface area (Å²) in [6.45, 7) is -0.0546. The minimum absolute atomic E-state index is 0.187. The summed E-state index contributed by atoms with van der Waals surface area (Å²) in [5.74, 6) is 0.750. The number of nitrogens with zero attached hydrogens (tertiary/aromatic N) is 1. The fourth-order valence-corrected chi connectivity index (χ4v) is 3.73. The molecule has 6 heteroatoms. The van der Waals surface area contributed by atoms with Crippen LogP contribution in [0.4, 0.5) is 0 Å². The van der Waals surface area contributed by atoms with Gasteiger partial charge in [0.05, 0.1) is 11.3 Å². The van der Waals surface area contributed by atoms with Crippen LogP contribution in [0.5, 0.6) is 17.4 Å². The van der Waals surface area contributed by atoms with E-state index in [9.17, 15) is 4.79 Å². The van der Waals surface area contributed by atoms with Crippen molar-refractivity contribution in [1.82, 2.24) is 4.98 Å². The summed E-state index contributed by atoms with van der Waals surface area (Å²) in [6, 6.07) is 21.0. The first-order valence-electron chi connectivity index (χ1n) is 11.0. The van der Waals surface area contributed by atoms with E-state index in [1.807, 2.05) is 42.5 Å². The van der Waals surface area contributed by atoms with Crippen LogP contribution in [0.15, 0.2) is 66.7 Å². The van der Waals surface area contributed by atoms with Crippen LogP contribution in [0.25, 0.3) is 11.3 Å². The van der Waals surface area contributed by atoms with Gasteiger partial charge in [0.15, 0.2) is 6.61 Å². The largest absolute Gasteiger partial charge is 0.489 e. The molecule has 0 bridgehead atoms. The number of carbonyl (C=O) groups is 1. The summed E-state index contributed by atoms with van der Waals surface area (Å²) in [7, 11) is 0. The quantitative estimate of drug-likeness (QED) is 0.480. The lowest BCUT2D eigenvalue weighted by atomic mass is 9.98. The third-order valence-corrected chi connectivity index (χ3v) is 5.42. The van der Waals surface area contributed by atoms with Gasteiger partial charge in [-0.3, -0.25) is 0 Å². The van der Waals surface area contributed by atoms with Crippen LogP contribution in [0.3, 0.4) is 0 Å². The normalized spacial score (nSPS) is 14.0. The molecule has 0 atom stereocenters. The highest BCUT2D eigenvalue weighted by molar-refractivity contribution is 5.68. The summed E-state index contributed by atoms with van der Waals surface area (Å²) in [5, 5.41) is 8.71. The maximum absolute atomic E-state index is 10.6. The standard InChI is InChI=1S/C26H27NO5/c28-25(29)18-31-22-14-12-21(13-15-22)30-17-20-11-16-24(19-7-3-1-4-8-19)27-26(20)32-23-9-5-2-6-10-23/h1,3-4,7-8,11-16,23H,2,5-6,9-10,17-18H2,(H,28,29). The number of aliphatic carboxylic acids is 1. The van der Waals surface area contributed by atoms with Crippen molar-refractivity contribution in [2.75, 3.05) is 6.61 Å². The van der Waals surface area contributed by atoms with E-state index < -0.39 is 5.97 Å². The Morgan fingerprint density at radius 3 is 2.25 bits per heavy atom. The molecule has 0 radical (unpaired) electrons. The SMILES string of the molecule is O=C(O)COc1ccc(OCc2ccc(-c3ccccc3)nc2OC2CCCCC2)cc1. The highest BCUT2D eigenvalue weighted by Crippen LogP contribution is 2.29. The molecule has 1 N–H and O–H groups in total. The van der Waals surface area contributed by atoms with Gasteiger partial charge in [0.25, 0.3) is 0 Å². The number of pyridine rings is 1. The van der Waals surface area contributed by atoms with E-state index >= 15 is 0 Å². The van der Waals surface area contributed by atoms with Crippen molar-refractivity contribution >= 4 is 5.97 Å². The number of hydrogen-bond donors (Lipinski definition) is 1. The molecule has 1 heterocycles. The number of ether oxygens (including phenoxy) is 3. The van der Waals surface area contributed by atoms with E-state index in [0.717, 1.165) is 29.7 Å². The van der Waals surface area contributed by atoms with E-state index in [-0.39, 0.29) is 12.7 Å². The molecule has 1 fully saturated rings. The van der Waals surface area contributed by atoms with E-state index in [0.29, 0.717) is 24.0 Å². The fraction of sp³-hybridized carbons (Fsp3) is 0.308. The molecular formula is C26H27NO5. The molecule has 0 unspecified atom stereocenters. The predicted octanol–water partition coefficient (Wildman–Crippen LogP) is 5.50. The van der Waals surface area contributed by atoms with Crippen LogP contribution in [-0.4, -0.2) is 28.8 Å². The lowest BCUT2D eigenvalue weighted by molar-refractivity contribution is -0.139. The van der Waals surface area contributed by atoms with Gasteiger partial charge in [-0.05, 0) is 62.1 Å². The van der Waals surface area contributed by atoms with Crippen molar-refractivity contribution in [1.29, 1.82) is 0 Å². The van der Waals surface area contributed by atoms with Crippen molar-refractivity contribution in [3.63, 3.8) is 0 Å². The highest BCUT2D eigenvalue weighted by Gasteiger charge is 2.18. The summed E-state index contributed by atoms with van der Waals surface area (Å²) in [4.78, 5) is 15.4. The van der Waals surface area contributed by atoms with Crippen LogP contribution < -0.4 is 14.2 Å². The number of hydrogen-bond acceptors (Lipinski definition) is 5. The van der Waals surface area contributed by atoms with Gasteiger partial charge in [-0.1, -0.05) is 36.8 Å². The molecule has 3 aromatic rings. The average molecular weight is 434 g/mol. The van der Waals surface area contributed by atoms with Crippen molar-refractivity contribution in [2.45, 2.75) is 44.8 Å². The second kappa shape index (κ2) is 10.7. The Hall–Kier alpha value is -3.54. The van der Waals surface area contributed by atoms with E-state index in [1.54, 1.807) is 24.3 Å². The number of rotatable bonds is 9. The van der Waals surface area contributed by atoms with Crippen molar-refractivity contribution in [2.24, 2.45) is 0 Å². The Morgan fingerprint density at radius 1 is 0.875 bits per heavy atom. The summed E-state index contributed by atoms with van der Waals surface area (Å²) in [6.07, 6.45) is 5.92. The Balaban J connectivity index is 1.48. The second-order valence-electron chi connectivity index (χ2n) is 7.85. The number of carboxylic acid groups (broad SMARTS) is 1. The summed E-state index contributed by atoms with van der Waals surface area (Å²) in [5.41, 5.74) is 2.81. The zero-order valence-corrected chi connectivity index (χ0v) is 17.9. The Morgan fingerprint density at radius 2 is 1.56 bits per heavy atom. The molecule has 1 aromatic heterocycles. The molecular weight excluding hydrogens is 406 g/mol. The van der Waals surface area contributed by atoms with E-state index in [4.69, 9.17) is 24.3 Å². The molecule has 166 valence electrons. The molecule has 6 nitrogen and oxygen atoms in total. The zero-order valence-electron chi connectivity index (χ0n) is 17.9. The molecule has 0 spiro atoms. The third-order valence-electron chi connectivity index (χ3n) is 5.42. The first-order chi connectivity index (χ1) is 15.7. The van der Waals surface area contributed by atoms with Crippen LogP contribution >= 0.6 is 0 Å². The first kappa shape index (κ1) is 21.7. The van der Waals surface area contributed by atoms with E-state index in [1.165, 1.54) is 19.3 Å². The van der Waals surface area contributed by atoms with Crippen LogP contribution in [0.1, 0.15) is 37.7 Å². The summed E-state index contributed by atoms with van der Waals surface area (Å²) < 4.78 is 17.5. The molecule has 1 aliphatic carbocycles. The molecule has 2 aromatic carbocycles. The zero-order chi connectivity index (χ0) is 22.2. The monoisotopic (exact) mass is 433 g/mol. The van der Waals surface area contributed by atoms with Crippen LogP contribution in [-0.2, 0) is 11.4 Å². The number of aromatic nitrogens is 1. The lowest BCUT2D eigenvalue weighted by Crippen LogP contribution is -2.21. The van der Waals surface area contributed by atoms with Crippen LogP contribution in [0, 0.1) is 0 Å². The Kier molecular flexibility index (Phi) is 7.23. The smallest absolute Gasteiger partial charge is 0.341 e. The maximum Gasteiger partial charge on any atom is 0.341 e. The van der Waals surface area contributed by atoms with Gasteiger partial charge < -0.3 is 19.3 Å². The van der Waals surface area contributed by atoms with Gasteiger partial charge in [-0.25, -0.2) is 9.78 Å². The Labute approximate surface area is 187 Å². The molecule has 1 aliphatic rings. The average Bonchev–Trinajstić information content (AvgIpc) is 2.84. The molecule has 0 saturated heterocycles. The number of benzene rings is 2. The minimum atomic E-state index is -1.01. The van der Waals surface area contributed by atoms with Gasteiger partial charge in [-0.15, -0.1) is 0 Å². The molecule has 1 saturated carbocycles. The second-order valence-corrected chi connectivity index (χ2v) is 7.85. The molecule has 4 rings (SSSR count). The lowest BCUT2D eigenvalue weighted by Gasteiger charge is -2.24. The maximum atomic E-state index is 10.6. The van der Waals surface area contributed by atoms with Gasteiger partial charge >= 0.3 is 5.97 Å². The third kappa shape index (κ3) is 6.00.